The fourth-order valence-corrected chi connectivity index (χ4v) is 2.57. The molecule has 1 atom stereocenters. The van der Waals surface area contributed by atoms with Crippen LogP contribution in [0.3, 0.4) is 0 Å². The van der Waals surface area contributed by atoms with E-state index in [0.29, 0.717) is 4.47 Å². The average molecular weight is 341 g/mol. The van der Waals surface area contributed by atoms with Gasteiger partial charge in [0, 0.05) is 10.0 Å². The first-order valence-electron chi connectivity index (χ1n) is 6.26. The Morgan fingerprint density at radius 1 is 1.20 bits per heavy atom. The molecule has 0 fully saturated rings. The van der Waals surface area contributed by atoms with E-state index in [9.17, 15) is 8.78 Å². The molecule has 1 unspecified atom stereocenters. The molecule has 0 aromatic heterocycles. The monoisotopic (exact) mass is 340 g/mol. The molecule has 0 spiro atoms. The second-order valence-corrected chi connectivity index (χ2v) is 5.40. The molecule has 2 aromatic carbocycles. The smallest absolute Gasteiger partial charge is 0.132 e. The van der Waals surface area contributed by atoms with Crippen molar-refractivity contribution in [2.24, 2.45) is 5.84 Å². The fraction of sp³-hybridized carbons (Fsp3) is 0.200. The third-order valence-corrected chi connectivity index (χ3v) is 3.65. The van der Waals surface area contributed by atoms with Crippen LogP contribution >= 0.6 is 15.9 Å². The number of nitrogens with two attached hydrogens (primary N) is 1. The second-order valence-electron chi connectivity index (χ2n) is 4.48. The van der Waals surface area contributed by atoms with Gasteiger partial charge in [0.15, 0.2) is 0 Å². The van der Waals surface area contributed by atoms with E-state index in [2.05, 4.69) is 21.4 Å². The van der Waals surface area contributed by atoms with Crippen molar-refractivity contribution in [1.82, 2.24) is 5.43 Å². The van der Waals surface area contributed by atoms with Crippen molar-refractivity contribution in [1.29, 1.82) is 0 Å². The minimum absolute atomic E-state index is 0.0797. The maximum Gasteiger partial charge on any atom is 0.132 e. The van der Waals surface area contributed by atoms with E-state index in [0.717, 1.165) is 17.5 Å². The van der Waals surface area contributed by atoms with Gasteiger partial charge in [-0.05, 0) is 29.7 Å². The summed E-state index contributed by atoms with van der Waals surface area (Å²) in [6.07, 6.45) is 0.844. The number of hydrazine groups is 1. The van der Waals surface area contributed by atoms with Gasteiger partial charge >= 0.3 is 0 Å². The lowest BCUT2D eigenvalue weighted by Crippen LogP contribution is -2.30. The first kappa shape index (κ1) is 15.1. The molecule has 2 rings (SSSR count). The summed E-state index contributed by atoms with van der Waals surface area (Å²) in [5.41, 5.74) is 4.22. The lowest BCUT2D eigenvalue weighted by atomic mass is 9.96. The molecule has 2 aromatic rings. The second kappa shape index (κ2) is 6.43. The molecular weight excluding hydrogens is 326 g/mol. The van der Waals surface area contributed by atoms with Gasteiger partial charge in [-0.2, -0.15) is 0 Å². The number of hydrogen-bond acceptors (Lipinski definition) is 2. The summed E-state index contributed by atoms with van der Waals surface area (Å²) in [6, 6.07) is 9.24. The molecule has 106 valence electrons. The number of halogens is 3. The van der Waals surface area contributed by atoms with Gasteiger partial charge in [0.25, 0.3) is 0 Å². The lowest BCUT2D eigenvalue weighted by molar-refractivity contribution is 0.509. The van der Waals surface area contributed by atoms with Crippen molar-refractivity contribution in [2.75, 3.05) is 0 Å². The number of rotatable bonds is 4. The molecule has 0 amide bonds. The van der Waals surface area contributed by atoms with Gasteiger partial charge in [0.2, 0.25) is 0 Å². The highest BCUT2D eigenvalue weighted by molar-refractivity contribution is 9.10. The molecule has 0 aliphatic heterocycles. The molecular formula is C15H15BrF2N2. The predicted octanol–water partition coefficient (Wildman–Crippen LogP) is 3.84. The summed E-state index contributed by atoms with van der Waals surface area (Å²) >= 11 is 3.07. The Balaban J connectivity index is 2.52. The molecule has 5 heteroatoms. The lowest BCUT2D eigenvalue weighted by Gasteiger charge is -2.19. The first-order valence-corrected chi connectivity index (χ1v) is 7.05. The van der Waals surface area contributed by atoms with Crippen molar-refractivity contribution < 1.29 is 8.78 Å². The Morgan fingerprint density at radius 3 is 2.40 bits per heavy atom. The zero-order chi connectivity index (χ0) is 14.7. The third kappa shape index (κ3) is 3.06. The predicted molar refractivity (Wildman–Crippen MR) is 79.0 cm³/mol. The van der Waals surface area contributed by atoms with Crippen molar-refractivity contribution >= 4 is 15.9 Å². The van der Waals surface area contributed by atoms with E-state index in [4.69, 9.17) is 5.84 Å². The van der Waals surface area contributed by atoms with Gasteiger partial charge < -0.3 is 0 Å². The molecule has 0 saturated carbocycles. The molecule has 0 heterocycles. The first-order chi connectivity index (χ1) is 9.56. The summed E-state index contributed by atoms with van der Waals surface area (Å²) in [5.74, 6) is 4.23. The van der Waals surface area contributed by atoms with E-state index in [1.807, 2.05) is 25.1 Å². The van der Waals surface area contributed by atoms with Crippen LogP contribution in [0.1, 0.15) is 29.7 Å². The molecule has 0 aliphatic carbocycles. The third-order valence-electron chi connectivity index (χ3n) is 3.19. The zero-order valence-electron chi connectivity index (χ0n) is 11.0. The standard InChI is InChI=1S/C15H15BrF2N2/c1-2-9-4-3-5-10(6-9)15(20-19)14-12(17)7-11(16)8-13(14)18/h3-8,15,20H,2,19H2,1H3. The highest BCUT2D eigenvalue weighted by Crippen LogP contribution is 2.29. The van der Waals surface area contributed by atoms with Gasteiger partial charge in [0.05, 0.1) is 6.04 Å². The molecule has 2 nitrogen and oxygen atoms in total. The van der Waals surface area contributed by atoms with Crippen LogP contribution in [0.5, 0.6) is 0 Å². The Morgan fingerprint density at radius 2 is 1.85 bits per heavy atom. The van der Waals surface area contributed by atoms with E-state index < -0.39 is 17.7 Å². The van der Waals surface area contributed by atoms with E-state index in [1.54, 1.807) is 6.07 Å². The number of aryl methyl sites for hydroxylation is 1. The highest BCUT2D eigenvalue weighted by atomic mass is 79.9. The van der Waals surface area contributed by atoms with Crippen LogP contribution in [0.2, 0.25) is 0 Å². The van der Waals surface area contributed by atoms with Crippen molar-refractivity contribution in [2.45, 2.75) is 19.4 Å². The van der Waals surface area contributed by atoms with Crippen LogP contribution in [0, 0.1) is 11.6 Å². The average Bonchev–Trinajstić information content (AvgIpc) is 2.42. The summed E-state index contributed by atoms with van der Waals surface area (Å²) in [7, 11) is 0. The topological polar surface area (TPSA) is 38.0 Å². The van der Waals surface area contributed by atoms with Crippen LogP contribution in [0.4, 0.5) is 8.78 Å². The van der Waals surface area contributed by atoms with E-state index in [1.165, 1.54) is 12.1 Å². The maximum absolute atomic E-state index is 14.1. The molecule has 0 saturated heterocycles. The van der Waals surface area contributed by atoms with Gasteiger partial charge in [-0.25, -0.2) is 14.2 Å². The zero-order valence-corrected chi connectivity index (χ0v) is 12.5. The number of benzene rings is 2. The Bertz CT molecular complexity index is 594. The van der Waals surface area contributed by atoms with Crippen LogP contribution < -0.4 is 11.3 Å². The van der Waals surface area contributed by atoms with Crippen molar-refractivity contribution in [3.05, 3.63) is 69.2 Å². The summed E-state index contributed by atoms with van der Waals surface area (Å²) < 4.78 is 28.5. The summed E-state index contributed by atoms with van der Waals surface area (Å²) in [6.45, 7) is 2.02. The Kier molecular flexibility index (Phi) is 4.86. The minimum Gasteiger partial charge on any atom is -0.271 e. The van der Waals surface area contributed by atoms with E-state index in [-0.39, 0.29) is 5.56 Å². The minimum atomic E-state index is -0.727. The SMILES string of the molecule is CCc1cccc(C(NN)c2c(F)cc(Br)cc2F)c1. The Hall–Kier alpha value is -1.30. The van der Waals surface area contributed by atoms with Crippen LogP contribution in [0.25, 0.3) is 0 Å². The largest absolute Gasteiger partial charge is 0.271 e. The van der Waals surface area contributed by atoms with Crippen molar-refractivity contribution in [3.8, 4) is 0 Å². The number of hydrogen-bond donors (Lipinski definition) is 2. The van der Waals surface area contributed by atoms with E-state index >= 15 is 0 Å². The van der Waals surface area contributed by atoms with Gasteiger partial charge in [-0.15, -0.1) is 0 Å². The summed E-state index contributed by atoms with van der Waals surface area (Å²) in [5, 5.41) is 0. The molecule has 20 heavy (non-hydrogen) atoms. The van der Waals surface area contributed by atoms with Crippen LogP contribution in [-0.4, -0.2) is 0 Å². The molecule has 3 N–H and O–H groups in total. The highest BCUT2D eigenvalue weighted by Gasteiger charge is 2.21. The normalized spacial score (nSPS) is 12.4. The van der Waals surface area contributed by atoms with Gasteiger partial charge in [-0.3, -0.25) is 5.84 Å². The molecule has 0 radical (unpaired) electrons. The quantitative estimate of drug-likeness (QED) is 0.655. The van der Waals surface area contributed by atoms with Gasteiger partial charge in [-0.1, -0.05) is 47.1 Å². The van der Waals surface area contributed by atoms with Crippen LogP contribution in [-0.2, 0) is 6.42 Å². The Labute approximate surface area is 125 Å². The van der Waals surface area contributed by atoms with Crippen LogP contribution in [0.15, 0.2) is 40.9 Å². The number of nitrogens with one attached hydrogen (secondary N) is 1. The van der Waals surface area contributed by atoms with Crippen molar-refractivity contribution in [3.63, 3.8) is 0 Å². The summed E-state index contributed by atoms with van der Waals surface area (Å²) in [4.78, 5) is 0. The van der Waals surface area contributed by atoms with Gasteiger partial charge in [0.1, 0.15) is 11.6 Å². The molecule has 0 bridgehead atoms. The fourth-order valence-electron chi connectivity index (χ4n) is 2.17. The maximum atomic E-state index is 14.1. The molecule has 0 aliphatic rings.